The molecule has 2 aromatic rings. The molecule has 0 N–H and O–H groups in total. The van der Waals surface area contributed by atoms with Gasteiger partial charge in [0.15, 0.2) is 0 Å². The molecule has 0 fully saturated rings. The van der Waals surface area contributed by atoms with E-state index in [1.807, 2.05) is 0 Å². The van der Waals surface area contributed by atoms with Crippen molar-refractivity contribution in [2.75, 3.05) is 0 Å². The van der Waals surface area contributed by atoms with Crippen molar-refractivity contribution >= 4 is 6.29 Å². The summed E-state index contributed by atoms with van der Waals surface area (Å²) in [6, 6.07) is 8.36. The first-order chi connectivity index (χ1) is 8.98. The van der Waals surface area contributed by atoms with E-state index >= 15 is 0 Å². The van der Waals surface area contributed by atoms with Gasteiger partial charge in [0.25, 0.3) is 0 Å². The van der Waals surface area contributed by atoms with Gasteiger partial charge in [0, 0.05) is 17.3 Å². The van der Waals surface area contributed by atoms with Gasteiger partial charge in [-0.3, -0.25) is 9.78 Å². The molecule has 2 rings (SSSR count). The largest absolute Gasteiger partial charge is 0.573 e. The smallest absolute Gasteiger partial charge is 0.406 e. The second kappa shape index (κ2) is 5.09. The molecule has 0 spiro atoms. The number of ether oxygens (including phenoxy) is 1. The van der Waals surface area contributed by atoms with E-state index in [4.69, 9.17) is 0 Å². The molecule has 0 aliphatic carbocycles. The molecular formula is C13H8F3NO2. The van der Waals surface area contributed by atoms with Gasteiger partial charge in [-0.25, -0.2) is 0 Å². The highest BCUT2D eigenvalue weighted by atomic mass is 19.4. The van der Waals surface area contributed by atoms with E-state index < -0.39 is 6.36 Å². The molecule has 1 aromatic carbocycles. The van der Waals surface area contributed by atoms with Gasteiger partial charge in [0.2, 0.25) is 0 Å². The lowest BCUT2D eigenvalue weighted by Gasteiger charge is -2.09. The van der Waals surface area contributed by atoms with Crippen LogP contribution in [0.15, 0.2) is 42.6 Å². The number of nitrogens with zero attached hydrogens (tertiary/aromatic N) is 1. The average molecular weight is 267 g/mol. The molecule has 0 aliphatic rings. The Labute approximate surface area is 106 Å². The molecule has 0 atom stereocenters. The molecule has 98 valence electrons. The third-order valence-electron chi connectivity index (χ3n) is 2.30. The van der Waals surface area contributed by atoms with E-state index in [0.29, 0.717) is 23.1 Å². The third-order valence-corrected chi connectivity index (χ3v) is 2.30. The highest BCUT2D eigenvalue weighted by molar-refractivity contribution is 5.77. The van der Waals surface area contributed by atoms with Gasteiger partial charge in [0.05, 0.1) is 5.69 Å². The number of pyridine rings is 1. The van der Waals surface area contributed by atoms with Crippen LogP contribution in [-0.2, 0) is 0 Å². The third kappa shape index (κ3) is 3.54. The maximum Gasteiger partial charge on any atom is 0.573 e. The summed E-state index contributed by atoms with van der Waals surface area (Å²) >= 11 is 0. The molecule has 1 heterocycles. The fourth-order valence-corrected chi connectivity index (χ4v) is 1.51. The molecule has 6 heteroatoms. The number of halogens is 3. The number of aromatic nitrogens is 1. The summed E-state index contributed by atoms with van der Waals surface area (Å²) in [4.78, 5) is 14.7. The number of aldehydes is 1. The molecule has 19 heavy (non-hydrogen) atoms. The van der Waals surface area contributed by atoms with Crippen LogP contribution in [0.4, 0.5) is 13.2 Å². The van der Waals surface area contributed by atoms with Crippen LogP contribution < -0.4 is 4.74 Å². The maximum atomic E-state index is 12.0. The molecule has 0 radical (unpaired) electrons. The van der Waals surface area contributed by atoms with Crippen LogP contribution in [0, 0.1) is 0 Å². The van der Waals surface area contributed by atoms with Crippen molar-refractivity contribution in [1.29, 1.82) is 0 Å². The Morgan fingerprint density at radius 2 is 1.79 bits per heavy atom. The summed E-state index contributed by atoms with van der Waals surface area (Å²) in [6.07, 6.45) is -2.58. The van der Waals surface area contributed by atoms with E-state index in [9.17, 15) is 18.0 Å². The normalized spacial score (nSPS) is 11.1. The summed E-state index contributed by atoms with van der Waals surface area (Å²) in [5.41, 5.74) is 1.54. The van der Waals surface area contributed by atoms with Crippen LogP contribution in [0.2, 0.25) is 0 Å². The Morgan fingerprint density at radius 1 is 1.11 bits per heavy atom. The number of hydrogen-bond donors (Lipinski definition) is 0. The van der Waals surface area contributed by atoms with Crippen LogP contribution in [0.5, 0.6) is 5.75 Å². The molecule has 1 aromatic heterocycles. The predicted molar refractivity (Wildman–Crippen MR) is 61.7 cm³/mol. The van der Waals surface area contributed by atoms with Crippen molar-refractivity contribution in [3.63, 3.8) is 0 Å². The Bertz CT molecular complexity index is 579. The molecule has 3 nitrogen and oxygen atoms in total. The van der Waals surface area contributed by atoms with Crippen LogP contribution in [0.25, 0.3) is 11.3 Å². The summed E-state index contributed by atoms with van der Waals surface area (Å²) < 4.78 is 39.7. The summed E-state index contributed by atoms with van der Waals surface area (Å²) in [5, 5.41) is 0. The van der Waals surface area contributed by atoms with Gasteiger partial charge in [0.1, 0.15) is 12.0 Å². The fraction of sp³-hybridized carbons (Fsp3) is 0.0769. The van der Waals surface area contributed by atoms with Gasteiger partial charge >= 0.3 is 6.36 Å². The first-order valence-electron chi connectivity index (χ1n) is 5.25. The summed E-state index contributed by atoms with van der Waals surface area (Å²) in [6.45, 7) is 0. The second-order valence-electron chi connectivity index (χ2n) is 3.66. The molecule has 0 saturated heterocycles. The van der Waals surface area contributed by atoms with Crippen molar-refractivity contribution in [3.8, 4) is 17.0 Å². The van der Waals surface area contributed by atoms with Crippen molar-refractivity contribution in [2.45, 2.75) is 6.36 Å². The minimum Gasteiger partial charge on any atom is -0.406 e. The van der Waals surface area contributed by atoms with E-state index in [2.05, 4.69) is 9.72 Å². The zero-order valence-corrected chi connectivity index (χ0v) is 9.52. The molecule has 0 bridgehead atoms. The lowest BCUT2D eigenvalue weighted by Crippen LogP contribution is -2.16. The SMILES string of the molecule is O=Cc1ccnc(-c2ccc(OC(F)(F)F)cc2)c1. The minimum atomic E-state index is -4.71. The van der Waals surface area contributed by atoms with Gasteiger partial charge in [-0.1, -0.05) is 0 Å². The van der Waals surface area contributed by atoms with E-state index in [-0.39, 0.29) is 5.75 Å². The Hall–Kier alpha value is -2.37. The number of hydrogen-bond acceptors (Lipinski definition) is 3. The first kappa shape index (κ1) is 13.1. The van der Waals surface area contributed by atoms with Crippen molar-refractivity contribution in [1.82, 2.24) is 4.98 Å². The Morgan fingerprint density at radius 3 is 2.37 bits per heavy atom. The monoisotopic (exact) mass is 267 g/mol. The molecular weight excluding hydrogens is 259 g/mol. The van der Waals surface area contributed by atoms with Gasteiger partial charge in [-0.15, -0.1) is 13.2 Å². The van der Waals surface area contributed by atoms with Crippen molar-refractivity contribution < 1.29 is 22.7 Å². The topological polar surface area (TPSA) is 39.2 Å². The van der Waals surface area contributed by atoms with Gasteiger partial charge < -0.3 is 4.74 Å². The molecule has 0 unspecified atom stereocenters. The molecule has 0 aliphatic heterocycles. The number of rotatable bonds is 3. The maximum absolute atomic E-state index is 12.0. The summed E-state index contributed by atoms with van der Waals surface area (Å²) in [7, 11) is 0. The van der Waals surface area contributed by atoms with E-state index in [1.165, 1.54) is 36.5 Å². The number of benzene rings is 1. The summed E-state index contributed by atoms with van der Waals surface area (Å²) in [5.74, 6) is -0.303. The van der Waals surface area contributed by atoms with Crippen LogP contribution in [0.1, 0.15) is 10.4 Å². The first-order valence-corrected chi connectivity index (χ1v) is 5.25. The Balaban J connectivity index is 2.24. The number of carbonyl (C=O) groups is 1. The zero-order chi connectivity index (χ0) is 13.9. The number of carbonyl (C=O) groups excluding carboxylic acids is 1. The average Bonchev–Trinajstić information content (AvgIpc) is 2.38. The predicted octanol–water partition coefficient (Wildman–Crippen LogP) is 3.46. The second-order valence-corrected chi connectivity index (χ2v) is 3.66. The highest BCUT2D eigenvalue weighted by Gasteiger charge is 2.30. The Kier molecular flexibility index (Phi) is 3.50. The molecule has 0 amide bonds. The van der Waals surface area contributed by atoms with E-state index in [1.54, 1.807) is 6.07 Å². The molecule has 0 saturated carbocycles. The van der Waals surface area contributed by atoms with Crippen molar-refractivity contribution in [2.24, 2.45) is 0 Å². The minimum absolute atomic E-state index is 0.303. The van der Waals surface area contributed by atoms with Crippen LogP contribution in [0.3, 0.4) is 0 Å². The quantitative estimate of drug-likeness (QED) is 0.799. The van der Waals surface area contributed by atoms with Crippen LogP contribution >= 0.6 is 0 Å². The van der Waals surface area contributed by atoms with E-state index in [0.717, 1.165) is 0 Å². The lowest BCUT2D eigenvalue weighted by molar-refractivity contribution is -0.274. The standard InChI is InChI=1S/C13H8F3NO2/c14-13(15,16)19-11-3-1-10(2-4-11)12-7-9(8-18)5-6-17-12/h1-8H. The highest BCUT2D eigenvalue weighted by Crippen LogP contribution is 2.25. The fourth-order valence-electron chi connectivity index (χ4n) is 1.51. The van der Waals surface area contributed by atoms with Crippen molar-refractivity contribution in [3.05, 3.63) is 48.2 Å². The van der Waals surface area contributed by atoms with Gasteiger partial charge in [-0.05, 0) is 36.4 Å². The van der Waals surface area contributed by atoms with Crippen LogP contribution in [-0.4, -0.2) is 17.6 Å². The number of alkyl halides is 3. The van der Waals surface area contributed by atoms with Gasteiger partial charge in [-0.2, -0.15) is 0 Å². The lowest BCUT2D eigenvalue weighted by atomic mass is 10.1. The zero-order valence-electron chi connectivity index (χ0n) is 9.52.